The maximum atomic E-state index is 12.1. The van der Waals surface area contributed by atoms with E-state index in [1.807, 2.05) is 0 Å². The van der Waals surface area contributed by atoms with Gasteiger partial charge in [0.2, 0.25) is 0 Å². The van der Waals surface area contributed by atoms with E-state index in [-0.39, 0.29) is 36.0 Å². The number of carbonyl (C=O) groups excluding carboxylic acids is 3. The molecule has 0 saturated heterocycles. The van der Waals surface area contributed by atoms with Crippen LogP contribution >= 0.6 is 0 Å². The lowest BCUT2D eigenvalue weighted by Crippen LogP contribution is -2.14. The molecular weight excluding hydrogens is 380 g/mol. The first-order chi connectivity index (χ1) is 13.9. The zero-order valence-corrected chi connectivity index (χ0v) is 15.9. The molecule has 0 radical (unpaired) electrons. The zero-order chi connectivity index (χ0) is 21.2. The molecule has 0 aliphatic carbocycles. The monoisotopic (exact) mass is 400 g/mol. The molecule has 0 amide bonds. The van der Waals surface area contributed by atoms with E-state index < -0.39 is 17.9 Å². The zero-order valence-electron chi connectivity index (χ0n) is 15.9. The van der Waals surface area contributed by atoms with Crippen molar-refractivity contribution in [2.45, 2.75) is 6.92 Å². The van der Waals surface area contributed by atoms with E-state index in [4.69, 9.17) is 18.9 Å². The molecule has 0 atom stereocenters. The van der Waals surface area contributed by atoms with Crippen molar-refractivity contribution in [1.29, 1.82) is 0 Å². The summed E-state index contributed by atoms with van der Waals surface area (Å²) in [5, 5.41) is 9.54. The van der Waals surface area contributed by atoms with Crippen molar-refractivity contribution in [3.05, 3.63) is 59.7 Å². The minimum atomic E-state index is -0.704. The summed E-state index contributed by atoms with van der Waals surface area (Å²) in [6.07, 6.45) is 2.69. The highest BCUT2D eigenvalue weighted by Crippen LogP contribution is 2.26. The molecule has 0 aliphatic rings. The molecule has 2 aromatic carbocycles. The Labute approximate surface area is 167 Å². The third-order valence-corrected chi connectivity index (χ3v) is 3.54. The van der Waals surface area contributed by atoms with Gasteiger partial charge in [-0.2, -0.15) is 0 Å². The Morgan fingerprint density at radius 1 is 1.00 bits per heavy atom. The summed E-state index contributed by atoms with van der Waals surface area (Å²) in [7, 11) is 1.42. The third kappa shape index (κ3) is 6.69. The van der Waals surface area contributed by atoms with Gasteiger partial charge >= 0.3 is 17.9 Å². The Kier molecular flexibility index (Phi) is 7.78. The first kappa shape index (κ1) is 21.5. The van der Waals surface area contributed by atoms with Crippen LogP contribution in [0.2, 0.25) is 0 Å². The first-order valence-electron chi connectivity index (χ1n) is 8.57. The van der Waals surface area contributed by atoms with Crippen molar-refractivity contribution in [3.63, 3.8) is 0 Å². The molecule has 0 aliphatic heterocycles. The molecule has 0 heterocycles. The van der Waals surface area contributed by atoms with E-state index in [1.54, 1.807) is 24.3 Å². The lowest BCUT2D eigenvalue weighted by molar-refractivity contribution is -0.138. The lowest BCUT2D eigenvalue weighted by Gasteiger charge is -2.09. The van der Waals surface area contributed by atoms with Crippen LogP contribution in [0, 0.1) is 0 Å². The smallest absolute Gasteiger partial charge is 0.342 e. The Balaban J connectivity index is 1.81. The minimum Gasteiger partial charge on any atom is -0.504 e. The number of ether oxygens (including phenoxy) is 4. The number of benzene rings is 2. The molecule has 2 aromatic rings. The number of phenols is 1. The molecule has 2 rings (SSSR count). The topological polar surface area (TPSA) is 108 Å². The molecule has 0 aromatic heterocycles. The van der Waals surface area contributed by atoms with E-state index >= 15 is 0 Å². The quantitative estimate of drug-likeness (QED) is 0.312. The van der Waals surface area contributed by atoms with Gasteiger partial charge in [0.25, 0.3) is 0 Å². The van der Waals surface area contributed by atoms with Crippen LogP contribution in [0.4, 0.5) is 0 Å². The Morgan fingerprint density at radius 3 is 2.45 bits per heavy atom. The molecule has 8 heteroatoms. The third-order valence-electron chi connectivity index (χ3n) is 3.54. The van der Waals surface area contributed by atoms with Crippen molar-refractivity contribution in [1.82, 2.24) is 0 Å². The molecule has 0 unspecified atom stereocenters. The van der Waals surface area contributed by atoms with Crippen LogP contribution < -0.4 is 9.47 Å². The van der Waals surface area contributed by atoms with E-state index in [1.165, 1.54) is 44.4 Å². The Hall–Kier alpha value is -3.81. The van der Waals surface area contributed by atoms with Crippen LogP contribution in [0.25, 0.3) is 6.08 Å². The van der Waals surface area contributed by atoms with Crippen LogP contribution in [0.15, 0.2) is 48.5 Å². The van der Waals surface area contributed by atoms with E-state index in [9.17, 15) is 19.5 Å². The summed E-state index contributed by atoms with van der Waals surface area (Å²) in [4.78, 5) is 34.9. The number of hydrogen-bond donors (Lipinski definition) is 1. The van der Waals surface area contributed by atoms with Crippen molar-refractivity contribution >= 4 is 24.0 Å². The van der Waals surface area contributed by atoms with Gasteiger partial charge in [0.15, 0.2) is 11.5 Å². The fourth-order valence-corrected chi connectivity index (χ4v) is 2.24. The summed E-state index contributed by atoms with van der Waals surface area (Å²) in [6.45, 7) is 0.909. The largest absolute Gasteiger partial charge is 0.504 e. The molecule has 1 N–H and O–H groups in total. The van der Waals surface area contributed by atoms with Crippen LogP contribution in [0.3, 0.4) is 0 Å². The molecule has 29 heavy (non-hydrogen) atoms. The predicted octanol–water partition coefficient (Wildman–Crippen LogP) is 2.74. The van der Waals surface area contributed by atoms with E-state index in [0.717, 1.165) is 0 Å². The van der Waals surface area contributed by atoms with Gasteiger partial charge in [-0.3, -0.25) is 4.79 Å². The number of rotatable bonds is 8. The van der Waals surface area contributed by atoms with Gasteiger partial charge in [-0.25, -0.2) is 9.59 Å². The first-order valence-corrected chi connectivity index (χ1v) is 8.57. The average molecular weight is 400 g/mol. The molecule has 0 spiro atoms. The minimum absolute atomic E-state index is 0.00989. The summed E-state index contributed by atoms with van der Waals surface area (Å²) in [5.41, 5.74) is 0.723. The maximum Gasteiger partial charge on any atom is 0.342 e. The number of phenolic OH excluding ortho intramolecular Hbond substituents is 1. The Bertz CT molecular complexity index is 917. The summed E-state index contributed by atoms with van der Waals surface area (Å²) < 4.78 is 19.9. The van der Waals surface area contributed by atoms with Crippen LogP contribution in [-0.4, -0.2) is 43.3 Å². The summed E-state index contributed by atoms with van der Waals surface area (Å²) >= 11 is 0. The van der Waals surface area contributed by atoms with Gasteiger partial charge in [-0.1, -0.05) is 18.2 Å². The maximum absolute atomic E-state index is 12.1. The van der Waals surface area contributed by atoms with Crippen molar-refractivity contribution in [3.8, 4) is 17.2 Å². The van der Waals surface area contributed by atoms with E-state index in [0.29, 0.717) is 5.56 Å². The lowest BCUT2D eigenvalue weighted by atomic mass is 10.2. The Morgan fingerprint density at radius 2 is 1.72 bits per heavy atom. The second-order valence-corrected chi connectivity index (χ2v) is 5.66. The number of aromatic hydroxyl groups is 1. The van der Waals surface area contributed by atoms with Crippen LogP contribution in [-0.2, 0) is 19.1 Å². The second kappa shape index (κ2) is 10.5. The van der Waals surface area contributed by atoms with Gasteiger partial charge in [0.05, 0.1) is 7.11 Å². The number of carbonyl (C=O) groups is 3. The molecule has 8 nitrogen and oxygen atoms in total. The highest BCUT2D eigenvalue weighted by molar-refractivity contribution is 5.93. The van der Waals surface area contributed by atoms with Crippen LogP contribution in [0.5, 0.6) is 17.2 Å². The highest BCUT2D eigenvalue weighted by atomic mass is 16.6. The SMILES string of the molecule is COc1cc(/C=C/C(=O)OCCOC(=O)c2ccccc2OC(C)=O)ccc1O. The standard InChI is InChI=1S/C21H20O8/c1-14(22)29-18-6-4-3-5-16(18)21(25)28-12-11-27-20(24)10-8-15-7-9-17(23)19(13-15)26-2/h3-10,13,23H,11-12H2,1-2H3/b10-8+. The summed E-state index contributed by atoms with van der Waals surface area (Å²) in [5.74, 6) is -1.53. The molecule has 152 valence electrons. The number of para-hydroxylation sites is 1. The van der Waals surface area contributed by atoms with Gasteiger partial charge in [-0.15, -0.1) is 0 Å². The van der Waals surface area contributed by atoms with Crippen LogP contribution in [0.1, 0.15) is 22.8 Å². The van der Waals surface area contributed by atoms with Gasteiger partial charge in [0.1, 0.15) is 24.5 Å². The fraction of sp³-hybridized carbons (Fsp3) is 0.190. The van der Waals surface area contributed by atoms with Gasteiger partial charge in [0, 0.05) is 13.0 Å². The van der Waals surface area contributed by atoms with Crippen molar-refractivity contribution in [2.75, 3.05) is 20.3 Å². The summed E-state index contributed by atoms with van der Waals surface area (Å²) in [6, 6.07) is 10.8. The van der Waals surface area contributed by atoms with Crippen molar-refractivity contribution in [2.24, 2.45) is 0 Å². The second-order valence-electron chi connectivity index (χ2n) is 5.66. The molecular formula is C21H20O8. The predicted molar refractivity (Wildman–Crippen MR) is 103 cm³/mol. The van der Waals surface area contributed by atoms with Gasteiger partial charge in [-0.05, 0) is 35.9 Å². The number of hydrogen-bond acceptors (Lipinski definition) is 8. The average Bonchev–Trinajstić information content (AvgIpc) is 2.70. The van der Waals surface area contributed by atoms with E-state index in [2.05, 4.69) is 0 Å². The molecule has 0 bridgehead atoms. The normalized spacial score (nSPS) is 10.4. The van der Waals surface area contributed by atoms with Gasteiger partial charge < -0.3 is 24.1 Å². The fourth-order valence-electron chi connectivity index (χ4n) is 2.24. The highest BCUT2D eigenvalue weighted by Gasteiger charge is 2.15. The molecule has 0 saturated carbocycles. The van der Waals surface area contributed by atoms with Crippen molar-refractivity contribution < 1.29 is 38.4 Å². The number of methoxy groups -OCH3 is 1. The molecule has 0 fully saturated rings. The number of esters is 3.